The van der Waals surface area contributed by atoms with E-state index in [9.17, 15) is 4.79 Å². The van der Waals surface area contributed by atoms with Crippen LogP contribution in [0.1, 0.15) is 34.8 Å². The molecule has 1 aliphatic heterocycles. The Kier molecular flexibility index (Phi) is 3.72. The summed E-state index contributed by atoms with van der Waals surface area (Å²) in [6, 6.07) is 0. The van der Waals surface area contributed by atoms with Crippen molar-refractivity contribution in [2.24, 2.45) is 5.92 Å². The van der Waals surface area contributed by atoms with Crippen LogP contribution in [0.25, 0.3) is 0 Å². The molecule has 1 fully saturated rings. The van der Waals surface area contributed by atoms with Gasteiger partial charge in [0.1, 0.15) is 5.82 Å². The molecule has 0 spiro atoms. The number of likely N-dealkylation sites (tertiary alicyclic amines) is 1. The summed E-state index contributed by atoms with van der Waals surface area (Å²) >= 11 is 0. The van der Waals surface area contributed by atoms with E-state index in [1.54, 1.807) is 6.92 Å². The second-order valence-corrected chi connectivity index (χ2v) is 5.64. The third-order valence-corrected chi connectivity index (χ3v) is 4.11. The molecule has 1 N–H and O–H groups in total. The minimum Gasteiger partial charge on any atom is -0.337 e. The molecule has 0 saturated carbocycles. The topological polar surface area (TPSA) is 79.7 Å². The summed E-state index contributed by atoms with van der Waals surface area (Å²) in [6.45, 7) is 6.28. The molecule has 112 valence electrons. The summed E-state index contributed by atoms with van der Waals surface area (Å²) in [5.41, 5.74) is 1.10. The predicted molar refractivity (Wildman–Crippen MR) is 76.7 cm³/mol. The number of nitrogens with zero attached hydrogens (tertiary/aromatic N) is 5. The van der Waals surface area contributed by atoms with Gasteiger partial charge in [0.05, 0.1) is 5.69 Å². The van der Waals surface area contributed by atoms with Gasteiger partial charge in [0, 0.05) is 32.0 Å². The molecule has 1 aliphatic rings. The van der Waals surface area contributed by atoms with Crippen LogP contribution in [0, 0.1) is 19.8 Å². The smallest absolute Gasteiger partial charge is 0.276 e. The lowest BCUT2D eigenvalue weighted by Gasteiger charge is -2.32. The fourth-order valence-electron chi connectivity index (χ4n) is 2.91. The number of carbonyl (C=O) groups excluding carboxylic acids is 1. The number of aromatic amines is 1. The molecule has 0 radical (unpaired) electrons. The number of rotatable bonds is 3. The number of hydrogen-bond donors (Lipinski definition) is 1. The predicted octanol–water partition coefficient (Wildman–Crippen LogP) is 1.17. The summed E-state index contributed by atoms with van der Waals surface area (Å²) in [7, 11) is 0. The zero-order valence-corrected chi connectivity index (χ0v) is 12.4. The molecular formula is C14H20N6O. The highest BCUT2D eigenvalue weighted by Crippen LogP contribution is 2.20. The van der Waals surface area contributed by atoms with Crippen molar-refractivity contribution in [1.82, 2.24) is 29.9 Å². The van der Waals surface area contributed by atoms with E-state index in [1.807, 2.05) is 24.2 Å². The molecule has 3 rings (SSSR count). The van der Waals surface area contributed by atoms with Crippen LogP contribution in [0.2, 0.25) is 0 Å². The van der Waals surface area contributed by atoms with E-state index in [0.717, 1.165) is 38.3 Å². The van der Waals surface area contributed by atoms with Gasteiger partial charge in [-0.2, -0.15) is 15.4 Å². The molecule has 21 heavy (non-hydrogen) atoms. The van der Waals surface area contributed by atoms with E-state index in [4.69, 9.17) is 0 Å². The molecule has 1 amide bonds. The summed E-state index contributed by atoms with van der Waals surface area (Å²) in [6.07, 6.45) is 5.98. The van der Waals surface area contributed by atoms with Crippen molar-refractivity contribution < 1.29 is 4.79 Å². The van der Waals surface area contributed by atoms with E-state index in [1.165, 1.54) is 0 Å². The van der Waals surface area contributed by atoms with Crippen LogP contribution in [0.5, 0.6) is 0 Å². The van der Waals surface area contributed by atoms with Crippen molar-refractivity contribution in [1.29, 1.82) is 0 Å². The fourth-order valence-corrected chi connectivity index (χ4v) is 2.91. The first-order chi connectivity index (χ1) is 10.1. The number of piperidine rings is 1. The van der Waals surface area contributed by atoms with Crippen LogP contribution >= 0.6 is 0 Å². The third-order valence-electron chi connectivity index (χ3n) is 4.11. The number of H-pyrrole nitrogens is 1. The van der Waals surface area contributed by atoms with Crippen LogP contribution in [-0.2, 0) is 6.54 Å². The first-order valence-electron chi connectivity index (χ1n) is 7.29. The van der Waals surface area contributed by atoms with Gasteiger partial charge < -0.3 is 9.47 Å². The van der Waals surface area contributed by atoms with Crippen LogP contribution in [0.3, 0.4) is 0 Å². The lowest BCUT2D eigenvalue weighted by molar-refractivity contribution is 0.0655. The summed E-state index contributed by atoms with van der Waals surface area (Å²) in [5.74, 6) is 1.46. The molecular weight excluding hydrogens is 268 g/mol. The van der Waals surface area contributed by atoms with E-state index in [-0.39, 0.29) is 5.91 Å². The minimum absolute atomic E-state index is 0.0201. The van der Waals surface area contributed by atoms with Crippen LogP contribution < -0.4 is 0 Å². The van der Waals surface area contributed by atoms with E-state index in [2.05, 4.69) is 25.0 Å². The maximum absolute atomic E-state index is 12.5. The van der Waals surface area contributed by atoms with Gasteiger partial charge in [-0.05, 0) is 32.6 Å². The van der Waals surface area contributed by atoms with Gasteiger partial charge >= 0.3 is 0 Å². The summed E-state index contributed by atoms with van der Waals surface area (Å²) in [5, 5.41) is 10.4. The Balaban J connectivity index is 1.67. The number of nitrogens with one attached hydrogen (secondary N) is 1. The first-order valence-corrected chi connectivity index (χ1v) is 7.29. The number of aromatic nitrogens is 5. The molecule has 0 unspecified atom stereocenters. The van der Waals surface area contributed by atoms with Crippen molar-refractivity contribution in [2.75, 3.05) is 13.1 Å². The lowest BCUT2D eigenvalue weighted by atomic mass is 9.97. The highest BCUT2D eigenvalue weighted by molar-refractivity contribution is 5.93. The second-order valence-electron chi connectivity index (χ2n) is 5.64. The molecule has 7 nitrogen and oxygen atoms in total. The van der Waals surface area contributed by atoms with Gasteiger partial charge in [-0.25, -0.2) is 4.98 Å². The molecule has 1 saturated heterocycles. The Morgan fingerprint density at radius 2 is 2.29 bits per heavy atom. The number of aryl methyl sites for hydroxylation is 2. The monoisotopic (exact) mass is 288 g/mol. The molecule has 2 aromatic heterocycles. The van der Waals surface area contributed by atoms with Crippen molar-refractivity contribution in [2.45, 2.75) is 33.2 Å². The number of imidazole rings is 1. The Morgan fingerprint density at radius 3 is 2.95 bits per heavy atom. The number of carbonyl (C=O) groups is 1. The highest BCUT2D eigenvalue weighted by Gasteiger charge is 2.27. The summed E-state index contributed by atoms with van der Waals surface area (Å²) in [4.78, 5) is 18.6. The van der Waals surface area contributed by atoms with Gasteiger partial charge in [-0.15, -0.1) is 0 Å². The Labute approximate surface area is 123 Å². The molecule has 2 aromatic rings. The minimum atomic E-state index is -0.0201. The first kappa shape index (κ1) is 13.8. The van der Waals surface area contributed by atoms with Crippen molar-refractivity contribution in [3.05, 3.63) is 29.6 Å². The molecule has 3 heterocycles. The third kappa shape index (κ3) is 2.81. The zero-order chi connectivity index (χ0) is 14.8. The Hall–Kier alpha value is -2.18. The average molecular weight is 288 g/mol. The van der Waals surface area contributed by atoms with Crippen molar-refractivity contribution in [3.63, 3.8) is 0 Å². The second kappa shape index (κ2) is 5.67. The average Bonchev–Trinajstić information content (AvgIpc) is 3.08. The summed E-state index contributed by atoms with van der Waals surface area (Å²) < 4.78 is 2.15. The van der Waals surface area contributed by atoms with Gasteiger partial charge in [0.25, 0.3) is 5.91 Å². The van der Waals surface area contributed by atoms with E-state index in [0.29, 0.717) is 17.3 Å². The maximum Gasteiger partial charge on any atom is 0.276 e. The maximum atomic E-state index is 12.5. The van der Waals surface area contributed by atoms with Crippen molar-refractivity contribution in [3.8, 4) is 0 Å². The molecule has 7 heteroatoms. The van der Waals surface area contributed by atoms with Gasteiger partial charge in [-0.3, -0.25) is 4.79 Å². The lowest BCUT2D eigenvalue weighted by Crippen LogP contribution is -2.41. The quantitative estimate of drug-likeness (QED) is 0.919. The zero-order valence-electron chi connectivity index (χ0n) is 12.4. The fraction of sp³-hybridized carbons (Fsp3) is 0.571. The Bertz CT molecular complexity index is 631. The van der Waals surface area contributed by atoms with E-state index < -0.39 is 0 Å². The molecule has 1 atom stereocenters. The van der Waals surface area contributed by atoms with Crippen molar-refractivity contribution >= 4 is 5.91 Å². The van der Waals surface area contributed by atoms with Gasteiger partial charge in [-0.1, -0.05) is 0 Å². The largest absolute Gasteiger partial charge is 0.337 e. The van der Waals surface area contributed by atoms with Gasteiger partial charge in [0.2, 0.25) is 0 Å². The van der Waals surface area contributed by atoms with Crippen LogP contribution in [-0.4, -0.2) is 48.9 Å². The SMILES string of the molecule is Cc1n[nH]nc1C(=O)N1CCC[C@@H](Cn2ccnc2C)C1. The molecule has 0 aliphatic carbocycles. The van der Waals surface area contributed by atoms with Crippen LogP contribution in [0.15, 0.2) is 12.4 Å². The number of amides is 1. The molecule has 0 aromatic carbocycles. The van der Waals surface area contributed by atoms with Crippen LogP contribution in [0.4, 0.5) is 0 Å². The highest BCUT2D eigenvalue weighted by atomic mass is 16.2. The Morgan fingerprint density at radius 1 is 1.43 bits per heavy atom. The van der Waals surface area contributed by atoms with Gasteiger partial charge in [0.15, 0.2) is 5.69 Å². The normalized spacial score (nSPS) is 19.0. The standard InChI is InChI=1S/C14H20N6O/c1-10-13(17-18-16-10)14(21)20-6-3-4-12(9-20)8-19-7-5-15-11(19)2/h5,7,12H,3-4,6,8-9H2,1-2H3,(H,16,17,18)/t12-/m0/s1. The van der Waals surface area contributed by atoms with E-state index >= 15 is 0 Å². The molecule has 0 bridgehead atoms. The number of hydrogen-bond acceptors (Lipinski definition) is 4.